The molecule has 0 saturated heterocycles. The Labute approximate surface area is 120 Å². The molecule has 3 aromatic heterocycles. The molecule has 6 heteroatoms. The first kappa shape index (κ1) is 13.1. The van der Waals surface area contributed by atoms with Crippen LogP contribution in [0.3, 0.4) is 0 Å². The smallest absolute Gasteiger partial charge is 0.262 e. The van der Waals surface area contributed by atoms with Gasteiger partial charge in [0.05, 0.1) is 12.0 Å². The van der Waals surface area contributed by atoms with Crippen LogP contribution in [0.25, 0.3) is 4.96 Å². The summed E-state index contributed by atoms with van der Waals surface area (Å²) in [5.41, 5.74) is 2.73. The fraction of sp³-hybridized carbons (Fsp3) is 0.357. The van der Waals surface area contributed by atoms with Gasteiger partial charge in [0.25, 0.3) is 5.56 Å². The predicted molar refractivity (Wildman–Crippen MR) is 79.4 cm³/mol. The minimum atomic E-state index is 0.0459. The minimum Gasteiger partial charge on any atom is -0.337 e. The number of fused-ring (bicyclic) bond motifs is 1. The van der Waals surface area contributed by atoms with E-state index >= 15 is 0 Å². The van der Waals surface area contributed by atoms with Gasteiger partial charge < -0.3 is 4.57 Å². The molecule has 0 saturated carbocycles. The monoisotopic (exact) mass is 288 g/mol. The van der Waals surface area contributed by atoms with Crippen LogP contribution in [0.1, 0.15) is 23.9 Å². The highest BCUT2D eigenvalue weighted by Crippen LogP contribution is 2.10. The van der Waals surface area contributed by atoms with E-state index < -0.39 is 0 Å². The number of aromatic nitrogens is 4. The zero-order valence-electron chi connectivity index (χ0n) is 11.5. The van der Waals surface area contributed by atoms with Crippen LogP contribution in [0.5, 0.6) is 0 Å². The maximum Gasteiger partial charge on any atom is 0.262 e. The largest absolute Gasteiger partial charge is 0.337 e. The Hall–Kier alpha value is -1.95. The van der Waals surface area contributed by atoms with Crippen molar-refractivity contribution < 1.29 is 0 Å². The van der Waals surface area contributed by atoms with Crippen LogP contribution in [0.4, 0.5) is 0 Å². The summed E-state index contributed by atoms with van der Waals surface area (Å²) < 4.78 is 3.65. The number of thiazole rings is 1. The van der Waals surface area contributed by atoms with Crippen LogP contribution < -0.4 is 5.56 Å². The zero-order valence-corrected chi connectivity index (χ0v) is 12.4. The Morgan fingerprint density at radius 3 is 3.00 bits per heavy atom. The number of aryl methyl sites for hydroxylation is 3. The van der Waals surface area contributed by atoms with Gasteiger partial charge in [-0.2, -0.15) is 0 Å². The fourth-order valence-corrected chi connectivity index (χ4v) is 3.01. The first-order chi connectivity index (χ1) is 9.69. The summed E-state index contributed by atoms with van der Waals surface area (Å²) >= 11 is 1.48. The van der Waals surface area contributed by atoms with Gasteiger partial charge in [0, 0.05) is 35.6 Å². The molecule has 20 heavy (non-hydrogen) atoms. The molecule has 0 atom stereocenters. The molecular weight excluding hydrogens is 272 g/mol. The molecule has 0 bridgehead atoms. The summed E-state index contributed by atoms with van der Waals surface area (Å²) in [7, 11) is 0. The van der Waals surface area contributed by atoms with Crippen molar-refractivity contribution in [3.05, 3.63) is 51.4 Å². The summed E-state index contributed by atoms with van der Waals surface area (Å²) in [6.07, 6.45) is 7.24. The van der Waals surface area contributed by atoms with Gasteiger partial charge in [0.1, 0.15) is 0 Å². The quantitative estimate of drug-likeness (QED) is 0.738. The molecule has 3 rings (SSSR count). The van der Waals surface area contributed by atoms with E-state index in [4.69, 9.17) is 0 Å². The van der Waals surface area contributed by atoms with Crippen LogP contribution in [0.15, 0.2) is 28.9 Å². The molecule has 0 fully saturated rings. The van der Waals surface area contributed by atoms with E-state index in [0.29, 0.717) is 6.42 Å². The van der Waals surface area contributed by atoms with E-state index in [2.05, 4.69) is 16.9 Å². The molecule has 0 aliphatic heterocycles. The maximum atomic E-state index is 12.4. The summed E-state index contributed by atoms with van der Waals surface area (Å²) in [6.45, 7) is 4.74. The van der Waals surface area contributed by atoms with Crippen molar-refractivity contribution in [2.75, 3.05) is 0 Å². The second-order valence-corrected chi connectivity index (χ2v) is 5.62. The Bertz CT molecular complexity index is 799. The van der Waals surface area contributed by atoms with Gasteiger partial charge in [-0.3, -0.25) is 9.20 Å². The van der Waals surface area contributed by atoms with Crippen LogP contribution in [-0.4, -0.2) is 18.9 Å². The van der Waals surface area contributed by atoms with Crippen molar-refractivity contribution in [2.24, 2.45) is 0 Å². The van der Waals surface area contributed by atoms with Gasteiger partial charge >= 0.3 is 0 Å². The molecule has 0 spiro atoms. The number of rotatable bonds is 4. The maximum absolute atomic E-state index is 12.4. The zero-order chi connectivity index (χ0) is 14.1. The van der Waals surface area contributed by atoms with Crippen molar-refractivity contribution in [1.29, 1.82) is 0 Å². The summed E-state index contributed by atoms with van der Waals surface area (Å²) in [5, 5.41) is 1.89. The molecule has 0 aromatic carbocycles. The van der Waals surface area contributed by atoms with E-state index in [1.165, 1.54) is 11.3 Å². The number of imidazole rings is 1. The Morgan fingerprint density at radius 1 is 1.40 bits per heavy atom. The molecule has 0 aliphatic rings. The van der Waals surface area contributed by atoms with Crippen molar-refractivity contribution in [2.45, 2.75) is 33.2 Å². The first-order valence-corrected chi connectivity index (χ1v) is 7.53. The number of nitrogens with zero attached hydrogens (tertiary/aromatic N) is 4. The summed E-state index contributed by atoms with van der Waals surface area (Å²) in [5.74, 6) is 0. The second kappa shape index (κ2) is 5.20. The van der Waals surface area contributed by atoms with E-state index in [1.807, 2.05) is 29.4 Å². The highest BCUT2D eigenvalue weighted by molar-refractivity contribution is 7.15. The molecule has 3 heterocycles. The second-order valence-electron chi connectivity index (χ2n) is 4.74. The molecule has 0 N–H and O–H groups in total. The van der Waals surface area contributed by atoms with Crippen LogP contribution in [-0.2, 0) is 19.4 Å². The Morgan fingerprint density at radius 2 is 2.25 bits per heavy atom. The molecule has 0 radical (unpaired) electrons. The van der Waals surface area contributed by atoms with Crippen molar-refractivity contribution in [1.82, 2.24) is 18.9 Å². The highest BCUT2D eigenvalue weighted by atomic mass is 32.1. The van der Waals surface area contributed by atoms with E-state index in [-0.39, 0.29) is 5.56 Å². The standard InChI is InChI=1S/C14H16N4OS/c1-3-11-8-17(9-15-11)5-4-12-10(2)16-14-18(13(12)19)6-7-20-14/h6-9H,3-5H2,1-2H3. The third-order valence-electron chi connectivity index (χ3n) is 3.44. The van der Waals surface area contributed by atoms with Crippen molar-refractivity contribution in [3.8, 4) is 0 Å². The SMILES string of the molecule is CCc1cn(CCc2c(C)nc3sccn3c2=O)cn1. The van der Waals surface area contributed by atoms with Crippen LogP contribution >= 0.6 is 11.3 Å². The van der Waals surface area contributed by atoms with E-state index in [0.717, 1.165) is 34.9 Å². The van der Waals surface area contributed by atoms with Gasteiger partial charge in [-0.25, -0.2) is 9.97 Å². The number of hydrogen-bond acceptors (Lipinski definition) is 4. The van der Waals surface area contributed by atoms with Crippen molar-refractivity contribution >= 4 is 16.3 Å². The van der Waals surface area contributed by atoms with Crippen LogP contribution in [0.2, 0.25) is 0 Å². The molecule has 104 valence electrons. The summed E-state index contributed by atoms with van der Waals surface area (Å²) in [6, 6.07) is 0. The average molecular weight is 288 g/mol. The lowest BCUT2D eigenvalue weighted by molar-refractivity contribution is 0.684. The molecule has 0 aliphatic carbocycles. The Kier molecular flexibility index (Phi) is 3.40. The minimum absolute atomic E-state index is 0.0459. The molecule has 0 amide bonds. The van der Waals surface area contributed by atoms with E-state index in [1.54, 1.807) is 10.6 Å². The van der Waals surface area contributed by atoms with Gasteiger partial charge in [-0.05, 0) is 19.8 Å². The topological polar surface area (TPSA) is 52.2 Å². The number of hydrogen-bond donors (Lipinski definition) is 0. The molecule has 5 nitrogen and oxygen atoms in total. The van der Waals surface area contributed by atoms with Gasteiger partial charge in [-0.1, -0.05) is 6.92 Å². The van der Waals surface area contributed by atoms with Gasteiger partial charge in [0.2, 0.25) is 0 Å². The lowest BCUT2D eigenvalue weighted by atomic mass is 10.1. The Balaban J connectivity index is 1.88. The fourth-order valence-electron chi connectivity index (χ4n) is 2.26. The average Bonchev–Trinajstić information content (AvgIpc) is 3.06. The van der Waals surface area contributed by atoms with E-state index in [9.17, 15) is 4.79 Å². The normalized spacial score (nSPS) is 11.3. The van der Waals surface area contributed by atoms with Gasteiger partial charge in [0.15, 0.2) is 4.96 Å². The van der Waals surface area contributed by atoms with Crippen LogP contribution in [0, 0.1) is 6.92 Å². The molecular formula is C14H16N4OS. The third kappa shape index (κ3) is 2.27. The molecule has 3 aromatic rings. The molecule has 0 unspecified atom stereocenters. The highest BCUT2D eigenvalue weighted by Gasteiger charge is 2.10. The predicted octanol–water partition coefficient (Wildman–Crippen LogP) is 2.07. The first-order valence-electron chi connectivity index (χ1n) is 6.65. The lowest BCUT2D eigenvalue weighted by Gasteiger charge is -2.06. The lowest BCUT2D eigenvalue weighted by Crippen LogP contribution is -2.21. The summed E-state index contributed by atoms with van der Waals surface area (Å²) in [4.78, 5) is 21.9. The van der Waals surface area contributed by atoms with Gasteiger partial charge in [-0.15, -0.1) is 11.3 Å². The third-order valence-corrected chi connectivity index (χ3v) is 4.19. The van der Waals surface area contributed by atoms with Crippen molar-refractivity contribution in [3.63, 3.8) is 0 Å².